The summed E-state index contributed by atoms with van der Waals surface area (Å²) in [4.78, 5) is 16.5. The highest BCUT2D eigenvalue weighted by Crippen LogP contribution is 2.18. The van der Waals surface area contributed by atoms with E-state index in [0.29, 0.717) is 12.5 Å². The van der Waals surface area contributed by atoms with Gasteiger partial charge in [0.2, 0.25) is 5.91 Å². The molecule has 17 heavy (non-hydrogen) atoms. The van der Waals surface area contributed by atoms with Gasteiger partial charge in [-0.05, 0) is 45.0 Å². The van der Waals surface area contributed by atoms with Crippen molar-refractivity contribution in [3.05, 3.63) is 21.9 Å². The quantitative estimate of drug-likeness (QED) is 0.890. The van der Waals surface area contributed by atoms with Gasteiger partial charge in [-0.2, -0.15) is 0 Å². The first-order valence-corrected chi connectivity index (χ1v) is 7.00. The van der Waals surface area contributed by atoms with Gasteiger partial charge in [-0.15, -0.1) is 11.3 Å². The lowest BCUT2D eigenvalue weighted by Crippen LogP contribution is -2.44. The van der Waals surface area contributed by atoms with E-state index in [1.807, 2.05) is 11.9 Å². The van der Waals surface area contributed by atoms with Crippen LogP contribution in [-0.2, 0) is 11.2 Å². The summed E-state index contributed by atoms with van der Waals surface area (Å²) in [7, 11) is 1.94. The highest BCUT2D eigenvalue weighted by molar-refractivity contribution is 7.12. The predicted octanol–water partition coefficient (Wildman–Crippen LogP) is 1.81. The molecule has 1 aromatic heterocycles. The molecule has 0 radical (unpaired) electrons. The van der Waals surface area contributed by atoms with Crippen LogP contribution in [0.3, 0.4) is 0 Å². The van der Waals surface area contributed by atoms with Crippen LogP contribution in [-0.4, -0.2) is 37.0 Å². The van der Waals surface area contributed by atoms with E-state index in [1.165, 1.54) is 9.75 Å². The number of piperidine rings is 1. The Morgan fingerprint density at radius 2 is 2.18 bits per heavy atom. The Morgan fingerprint density at radius 1 is 1.47 bits per heavy atom. The van der Waals surface area contributed by atoms with Crippen LogP contribution in [0.2, 0.25) is 0 Å². The first-order valence-electron chi connectivity index (χ1n) is 6.18. The number of hydrogen-bond donors (Lipinski definition) is 1. The Bertz CT molecular complexity index is 383. The van der Waals surface area contributed by atoms with Gasteiger partial charge in [-0.3, -0.25) is 4.79 Å². The second kappa shape index (κ2) is 5.65. The maximum atomic E-state index is 12.1. The van der Waals surface area contributed by atoms with Crippen LogP contribution in [0.5, 0.6) is 0 Å². The van der Waals surface area contributed by atoms with Gasteiger partial charge >= 0.3 is 0 Å². The second-order valence-electron chi connectivity index (χ2n) is 4.67. The van der Waals surface area contributed by atoms with Crippen molar-refractivity contribution in [2.45, 2.75) is 32.2 Å². The third-order valence-electron chi connectivity index (χ3n) is 3.37. The lowest BCUT2D eigenvalue weighted by molar-refractivity contribution is -0.131. The van der Waals surface area contributed by atoms with E-state index in [9.17, 15) is 4.79 Å². The van der Waals surface area contributed by atoms with Crippen molar-refractivity contribution in [3.63, 3.8) is 0 Å². The molecule has 2 heterocycles. The molecule has 0 unspecified atom stereocenters. The maximum absolute atomic E-state index is 12.1. The molecule has 1 amide bonds. The van der Waals surface area contributed by atoms with E-state index in [2.05, 4.69) is 24.4 Å². The molecule has 1 aliphatic rings. The van der Waals surface area contributed by atoms with Gasteiger partial charge in [0, 0.05) is 22.8 Å². The minimum absolute atomic E-state index is 0.249. The van der Waals surface area contributed by atoms with Crippen LogP contribution < -0.4 is 5.32 Å². The standard InChI is InChI=1S/C13H20N2OS/c1-10-3-4-12(17-10)9-13(16)15(2)11-5-7-14-8-6-11/h3-4,11,14H,5-9H2,1-2H3. The van der Waals surface area contributed by atoms with Crippen LogP contribution >= 0.6 is 11.3 Å². The maximum Gasteiger partial charge on any atom is 0.227 e. The molecule has 3 nitrogen and oxygen atoms in total. The molecule has 1 N–H and O–H groups in total. The molecule has 4 heteroatoms. The highest BCUT2D eigenvalue weighted by Gasteiger charge is 2.21. The van der Waals surface area contributed by atoms with E-state index < -0.39 is 0 Å². The Morgan fingerprint density at radius 3 is 2.76 bits per heavy atom. The molecule has 0 spiro atoms. The van der Waals surface area contributed by atoms with Crippen LogP contribution in [0.1, 0.15) is 22.6 Å². The molecule has 0 aliphatic carbocycles. The van der Waals surface area contributed by atoms with E-state index >= 15 is 0 Å². The van der Waals surface area contributed by atoms with Gasteiger partial charge in [-0.1, -0.05) is 0 Å². The third-order valence-corrected chi connectivity index (χ3v) is 4.37. The van der Waals surface area contributed by atoms with E-state index in [4.69, 9.17) is 0 Å². The molecule has 1 saturated heterocycles. The number of aryl methyl sites for hydroxylation is 1. The fraction of sp³-hybridized carbons (Fsp3) is 0.615. The van der Waals surface area contributed by atoms with E-state index in [1.54, 1.807) is 11.3 Å². The molecule has 0 aromatic carbocycles. The minimum Gasteiger partial charge on any atom is -0.342 e. The summed E-state index contributed by atoms with van der Waals surface area (Å²) in [6.45, 7) is 4.13. The zero-order chi connectivity index (χ0) is 12.3. The minimum atomic E-state index is 0.249. The second-order valence-corrected chi connectivity index (χ2v) is 6.05. The van der Waals surface area contributed by atoms with E-state index in [0.717, 1.165) is 25.9 Å². The fourth-order valence-corrected chi connectivity index (χ4v) is 3.13. The predicted molar refractivity (Wildman–Crippen MR) is 71.4 cm³/mol. The number of nitrogens with one attached hydrogen (secondary N) is 1. The fourth-order valence-electron chi connectivity index (χ4n) is 2.25. The third kappa shape index (κ3) is 3.30. The SMILES string of the molecule is Cc1ccc(CC(=O)N(C)C2CCNCC2)s1. The molecular weight excluding hydrogens is 232 g/mol. The average Bonchev–Trinajstić information content (AvgIpc) is 2.75. The van der Waals surface area contributed by atoms with Gasteiger partial charge in [0.25, 0.3) is 0 Å². The van der Waals surface area contributed by atoms with Crippen molar-refractivity contribution in [1.82, 2.24) is 10.2 Å². The smallest absolute Gasteiger partial charge is 0.227 e. The van der Waals surface area contributed by atoms with Crippen LogP contribution in [0.4, 0.5) is 0 Å². The molecule has 2 rings (SSSR count). The summed E-state index contributed by atoms with van der Waals surface area (Å²) in [5.41, 5.74) is 0. The van der Waals surface area contributed by atoms with E-state index in [-0.39, 0.29) is 5.91 Å². The summed E-state index contributed by atoms with van der Waals surface area (Å²) < 4.78 is 0. The number of carbonyl (C=O) groups is 1. The molecule has 0 bridgehead atoms. The molecular formula is C13H20N2OS. The van der Waals surface area contributed by atoms with Gasteiger partial charge < -0.3 is 10.2 Å². The number of thiophene rings is 1. The zero-order valence-electron chi connectivity index (χ0n) is 10.5. The molecule has 1 aliphatic heterocycles. The lowest BCUT2D eigenvalue weighted by Gasteiger charge is -2.31. The summed E-state index contributed by atoms with van der Waals surface area (Å²) in [6.07, 6.45) is 2.70. The number of nitrogens with zero attached hydrogens (tertiary/aromatic N) is 1. The first kappa shape index (κ1) is 12.6. The molecule has 1 aromatic rings. The number of amides is 1. The number of likely N-dealkylation sites (N-methyl/N-ethyl adjacent to an activating group) is 1. The van der Waals surface area contributed by atoms with Crippen molar-refractivity contribution < 1.29 is 4.79 Å². The van der Waals surface area contributed by atoms with Crippen molar-refractivity contribution >= 4 is 17.2 Å². The number of carbonyl (C=O) groups excluding carboxylic acids is 1. The topological polar surface area (TPSA) is 32.3 Å². The Kier molecular flexibility index (Phi) is 4.18. The Hall–Kier alpha value is -0.870. The van der Waals surface area contributed by atoms with Gasteiger partial charge in [0.05, 0.1) is 6.42 Å². The van der Waals surface area contributed by atoms with Crippen molar-refractivity contribution in [1.29, 1.82) is 0 Å². The van der Waals surface area contributed by atoms with Gasteiger partial charge in [0.1, 0.15) is 0 Å². The van der Waals surface area contributed by atoms with Crippen molar-refractivity contribution in [3.8, 4) is 0 Å². The molecule has 1 fully saturated rings. The Balaban J connectivity index is 1.90. The molecule has 94 valence electrons. The first-order chi connectivity index (χ1) is 8.16. The van der Waals surface area contributed by atoms with Crippen LogP contribution in [0.25, 0.3) is 0 Å². The number of hydrogen-bond acceptors (Lipinski definition) is 3. The molecule has 0 saturated carbocycles. The lowest BCUT2D eigenvalue weighted by atomic mass is 10.1. The average molecular weight is 252 g/mol. The molecule has 0 atom stereocenters. The largest absolute Gasteiger partial charge is 0.342 e. The van der Waals surface area contributed by atoms with Crippen LogP contribution in [0.15, 0.2) is 12.1 Å². The van der Waals surface area contributed by atoms with Crippen molar-refractivity contribution in [2.24, 2.45) is 0 Å². The normalized spacial score (nSPS) is 17.1. The summed E-state index contributed by atoms with van der Waals surface area (Å²) in [6, 6.07) is 4.57. The Labute approximate surface area is 107 Å². The zero-order valence-corrected chi connectivity index (χ0v) is 11.3. The summed E-state index contributed by atoms with van der Waals surface area (Å²) >= 11 is 1.72. The van der Waals surface area contributed by atoms with Crippen molar-refractivity contribution in [2.75, 3.05) is 20.1 Å². The highest BCUT2D eigenvalue weighted by atomic mass is 32.1. The summed E-state index contributed by atoms with van der Waals surface area (Å²) in [5.74, 6) is 0.249. The van der Waals surface area contributed by atoms with Gasteiger partial charge in [0.15, 0.2) is 0 Å². The summed E-state index contributed by atoms with van der Waals surface area (Å²) in [5, 5.41) is 3.33. The van der Waals surface area contributed by atoms with Crippen LogP contribution in [0, 0.1) is 6.92 Å². The monoisotopic (exact) mass is 252 g/mol. The number of rotatable bonds is 3. The van der Waals surface area contributed by atoms with Gasteiger partial charge in [-0.25, -0.2) is 0 Å².